The summed E-state index contributed by atoms with van der Waals surface area (Å²) in [4.78, 5) is 19.9. The van der Waals surface area contributed by atoms with Crippen LogP contribution in [-0.2, 0) is 0 Å². The number of hydrogen-bond donors (Lipinski definition) is 0. The van der Waals surface area contributed by atoms with Gasteiger partial charge in [0.05, 0.1) is 17.2 Å². The zero-order valence-corrected chi connectivity index (χ0v) is 8.47. The highest BCUT2D eigenvalue weighted by Crippen LogP contribution is 2.38. The fourth-order valence-corrected chi connectivity index (χ4v) is 1.89. The summed E-state index contributed by atoms with van der Waals surface area (Å²) in [5.74, 6) is 0.596. The Kier molecular flexibility index (Phi) is 1.65. The molecule has 0 unspecified atom stereocenters. The first-order valence-corrected chi connectivity index (χ1v) is 5.10. The molecule has 0 spiro atoms. The highest BCUT2D eigenvalue weighted by atomic mass is 16.1. The van der Waals surface area contributed by atoms with Crippen molar-refractivity contribution >= 4 is 16.8 Å². The molecule has 2 aromatic heterocycles. The standard InChI is InChI=1S/C11H11N3O/c1-7(15)11-13-9-4-5-12-6-10(9)14(11)8-2-3-8/h4-6,8H,2-3H2,1H3. The van der Waals surface area contributed by atoms with E-state index in [1.807, 2.05) is 10.6 Å². The lowest BCUT2D eigenvalue weighted by Crippen LogP contribution is -2.05. The van der Waals surface area contributed by atoms with Gasteiger partial charge in [-0.3, -0.25) is 9.78 Å². The van der Waals surface area contributed by atoms with Crippen LogP contribution >= 0.6 is 0 Å². The average Bonchev–Trinajstić information content (AvgIpc) is 2.98. The minimum Gasteiger partial charge on any atom is -0.317 e. The molecule has 76 valence electrons. The quantitative estimate of drug-likeness (QED) is 0.698. The predicted octanol–water partition coefficient (Wildman–Crippen LogP) is 1.97. The van der Waals surface area contributed by atoms with Gasteiger partial charge in [-0.2, -0.15) is 0 Å². The molecular formula is C11H11N3O. The van der Waals surface area contributed by atoms with Crippen LogP contribution in [0.3, 0.4) is 0 Å². The lowest BCUT2D eigenvalue weighted by Gasteiger charge is -2.03. The van der Waals surface area contributed by atoms with Gasteiger partial charge in [0, 0.05) is 19.2 Å². The van der Waals surface area contributed by atoms with E-state index in [1.54, 1.807) is 19.3 Å². The summed E-state index contributed by atoms with van der Waals surface area (Å²) in [5.41, 5.74) is 1.84. The molecule has 2 heterocycles. The zero-order chi connectivity index (χ0) is 10.4. The molecule has 0 radical (unpaired) electrons. The van der Waals surface area contributed by atoms with Gasteiger partial charge >= 0.3 is 0 Å². The van der Waals surface area contributed by atoms with Crippen molar-refractivity contribution in [3.8, 4) is 0 Å². The number of hydrogen-bond acceptors (Lipinski definition) is 3. The van der Waals surface area contributed by atoms with Crippen molar-refractivity contribution < 1.29 is 4.79 Å². The van der Waals surface area contributed by atoms with Crippen molar-refractivity contribution in [3.63, 3.8) is 0 Å². The first kappa shape index (κ1) is 8.59. The average molecular weight is 201 g/mol. The van der Waals surface area contributed by atoms with Crippen LogP contribution in [0, 0.1) is 0 Å². The first-order valence-electron chi connectivity index (χ1n) is 5.10. The Hall–Kier alpha value is -1.71. The molecule has 1 aliphatic carbocycles. The Morgan fingerprint density at radius 3 is 3.00 bits per heavy atom. The molecule has 0 atom stereocenters. The van der Waals surface area contributed by atoms with Crippen molar-refractivity contribution in [2.45, 2.75) is 25.8 Å². The second-order valence-corrected chi connectivity index (χ2v) is 3.96. The van der Waals surface area contributed by atoms with Crippen LogP contribution in [-0.4, -0.2) is 20.3 Å². The summed E-state index contributed by atoms with van der Waals surface area (Å²) < 4.78 is 2.03. The number of rotatable bonds is 2. The molecule has 15 heavy (non-hydrogen) atoms. The number of Topliss-reactive ketones (excluding diaryl/α,β-unsaturated/α-hetero) is 1. The normalized spacial score (nSPS) is 15.8. The number of imidazole rings is 1. The number of aromatic nitrogens is 3. The van der Waals surface area contributed by atoms with Crippen LogP contribution in [0.1, 0.15) is 36.4 Å². The number of carbonyl (C=O) groups is 1. The van der Waals surface area contributed by atoms with E-state index in [9.17, 15) is 4.79 Å². The van der Waals surface area contributed by atoms with E-state index in [4.69, 9.17) is 0 Å². The van der Waals surface area contributed by atoms with Crippen LogP contribution in [0.5, 0.6) is 0 Å². The Morgan fingerprint density at radius 1 is 1.53 bits per heavy atom. The number of nitrogens with zero attached hydrogens (tertiary/aromatic N) is 3. The fraction of sp³-hybridized carbons (Fsp3) is 0.364. The van der Waals surface area contributed by atoms with Crippen LogP contribution in [0.2, 0.25) is 0 Å². The number of pyridine rings is 1. The van der Waals surface area contributed by atoms with Gasteiger partial charge in [0.25, 0.3) is 0 Å². The molecule has 3 rings (SSSR count). The van der Waals surface area contributed by atoms with Gasteiger partial charge in [-0.1, -0.05) is 0 Å². The fourth-order valence-electron chi connectivity index (χ4n) is 1.89. The molecule has 1 aliphatic rings. The highest BCUT2D eigenvalue weighted by Gasteiger charge is 2.29. The molecule has 1 fully saturated rings. The lowest BCUT2D eigenvalue weighted by molar-refractivity contribution is 0.1000. The lowest BCUT2D eigenvalue weighted by atomic mass is 10.4. The van der Waals surface area contributed by atoms with Crippen LogP contribution in [0.25, 0.3) is 11.0 Å². The molecule has 0 amide bonds. The van der Waals surface area contributed by atoms with E-state index in [0.29, 0.717) is 11.9 Å². The summed E-state index contributed by atoms with van der Waals surface area (Å²) in [7, 11) is 0. The van der Waals surface area contributed by atoms with E-state index in [0.717, 1.165) is 23.9 Å². The van der Waals surface area contributed by atoms with E-state index in [2.05, 4.69) is 9.97 Å². The van der Waals surface area contributed by atoms with Crippen molar-refractivity contribution in [2.75, 3.05) is 0 Å². The van der Waals surface area contributed by atoms with Gasteiger partial charge in [-0.05, 0) is 18.9 Å². The van der Waals surface area contributed by atoms with Crippen molar-refractivity contribution in [1.82, 2.24) is 14.5 Å². The molecule has 1 saturated carbocycles. The SMILES string of the molecule is CC(=O)c1nc2ccncc2n1C1CC1. The minimum atomic E-state index is 0.0260. The second kappa shape index (κ2) is 2.89. The monoisotopic (exact) mass is 201 g/mol. The van der Waals surface area contributed by atoms with Gasteiger partial charge < -0.3 is 4.57 Å². The van der Waals surface area contributed by atoms with E-state index in [-0.39, 0.29) is 5.78 Å². The van der Waals surface area contributed by atoms with Gasteiger partial charge in [0.1, 0.15) is 0 Å². The third-order valence-corrected chi connectivity index (χ3v) is 2.72. The first-order chi connectivity index (χ1) is 7.27. The molecule has 0 aliphatic heterocycles. The molecule has 4 nitrogen and oxygen atoms in total. The Bertz CT molecular complexity index is 540. The minimum absolute atomic E-state index is 0.0260. The maximum atomic E-state index is 11.5. The number of ketones is 1. The van der Waals surface area contributed by atoms with E-state index < -0.39 is 0 Å². The Labute approximate surface area is 87.0 Å². The molecule has 0 aromatic carbocycles. The van der Waals surface area contributed by atoms with Crippen molar-refractivity contribution in [1.29, 1.82) is 0 Å². The van der Waals surface area contributed by atoms with Crippen LogP contribution < -0.4 is 0 Å². The Balaban J connectivity index is 2.33. The third kappa shape index (κ3) is 1.25. The second-order valence-electron chi connectivity index (χ2n) is 3.96. The van der Waals surface area contributed by atoms with Crippen LogP contribution in [0.4, 0.5) is 0 Å². The molecule has 0 saturated heterocycles. The maximum absolute atomic E-state index is 11.5. The predicted molar refractivity (Wildman–Crippen MR) is 55.8 cm³/mol. The third-order valence-electron chi connectivity index (χ3n) is 2.72. The largest absolute Gasteiger partial charge is 0.317 e. The van der Waals surface area contributed by atoms with Crippen molar-refractivity contribution in [3.05, 3.63) is 24.3 Å². The summed E-state index contributed by atoms with van der Waals surface area (Å²) in [6.07, 6.45) is 5.77. The molecule has 0 N–H and O–H groups in total. The summed E-state index contributed by atoms with van der Waals surface area (Å²) in [6, 6.07) is 2.30. The van der Waals surface area contributed by atoms with Gasteiger partial charge in [-0.15, -0.1) is 0 Å². The Morgan fingerprint density at radius 2 is 2.33 bits per heavy atom. The van der Waals surface area contributed by atoms with Crippen LogP contribution in [0.15, 0.2) is 18.5 Å². The van der Waals surface area contributed by atoms with Gasteiger partial charge in [0.2, 0.25) is 0 Å². The topological polar surface area (TPSA) is 47.8 Å². The summed E-state index contributed by atoms with van der Waals surface area (Å²) in [5, 5.41) is 0. The van der Waals surface area contributed by atoms with Crippen molar-refractivity contribution in [2.24, 2.45) is 0 Å². The maximum Gasteiger partial charge on any atom is 0.195 e. The molecule has 4 heteroatoms. The van der Waals surface area contributed by atoms with E-state index in [1.165, 1.54) is 0 Å². The number of carbonyl (C=O) groups excluding carboxylic acids is 1. The summed E-state index contributed by atoms with van der Waals surface area (Å²) >= 11 is 0. The molecule has 2 aromatic rings. The molecule has 0 bridgehead atoms. The number of fused-ring (bicyclic) bond motifs is 1. The van der Waals surface area contributed by atoms with E-state index >= 15 is 0 Å². The summed E-state index contributed by atoms with van der Waals surface area (Å²) in [6.45, 7) is 1.56. The van der Waals surface area contributed by atoms with Gasteiger partial charge in [0.15, 0.2) is 11.6 Å². The molecular weight excluding hydrogens is 190 g/mol. The highest BCUT2D eigenvalue weighted by molar-refractivity contribution is 5.94. The zero-order valence-electron chi connectivity index (χ0n) is 8.47. The van der Waals surface area contributed by atoms with Gasteiger partial charge in [-0.25, -0.2) is 4.98 Å². The smallest absolute Gasteiger partial charge is 0.195 e.